The van der Waals surface area contributed by atoms with Crippen LogP contribution in [0, 0.1) is 6.92 Å². The predicted octanol–water partition coefficient (Wildman–Crippen LogP) is 1.18. The van der Waals surface area contributed by atoms with Gasteiger partial charge in [-0.15, -0.1) is 0 Å². The molecule has 2 aromatic rings. The minimum Gasteiger partial charge on any atom is -0.493 e. The highest BCUT2D eigenvalue weighted by atomic mass is 32.2. The molecule has 0 saturated heterocycles. The Morgan fingerprint density at radius 2 is 2.00 bits per heavy atom. The monoisotopic (exact) mass is 377 g/mol. The highest BCUT2D eigenvalue weighted by molar-refractivity contribution is 7.89. The van der Waals surface area contributed by atoms with Gasteiger partial charge in [0.25, 0.3) is 0 Å². The lowest BCUT2D eigenvalue weighted by Gasteiger charge is -2.14. The molecule has 0 bridgehead atoms. The minimum atomic E-state index is -3.56. The molecule has 140 valence electrons. The molecule has 2 heterocycles. The summed E-state index contributed by atoms with van der Waals surface area (Å²) in [6.07, 6.45) is 0.735. The molecule has 0 fully saturated rings. The van der Waals surface area contributed by atoms with E-state index in [1.165, 1.54) is 0 Å². The molecule has 1 aliphatic heterocycles. The average molecular weight is 377 g/mol. The first kappa shape index (κ1) is 18.4. The molecule has 0 saturated carbocycles. The largest absolute Gasteiger partial charge is 0.493 e. The minimum absolute atomic E-state index is 0.227. The molecule has 9 heteroatoms. The first-order valence-corrected chi connectivity index (χ1v) is 9.86. The van der Waals surface area contributed by atoms with Crippen molar-refractivity contribution in [2.24, 2.45) is 0 Å². The molecule has 1 aromatic heterocycles. The zero-order valence-corrected chi connectivity index (χ0v) is 15.9. The molecular weight excluding hydrogens is 354 g/mol. The summed E-state index contributed by atoms with van der Waals surface area (Å²) in [6, 6.07) is 6.82. The number of fused-ring (bicyclic) bond motifs is 1. The fourth-order valence-corrected chi connectivity index (χ4v) is 3.72. The van der Waals surface area contributed by atoms with Gasteiger partial charge in [-0.05, 0) is 30.7 Å². The normalized spacial score (nSPS) is 13.2. The predicted molar refractivity (Wildman–Crippen MR) is 100 cm³/mol. The van der Waals surface area contributed by atoms with Crippen LogP contribution in [0.3, 0.4) is 0 Å². The second kappa shape index (κ2) is 7.46. The van der Waals surface area contributed by atoms with Crippen molar-refractivity contribution in [1.82, 2.24) is 14.7 Å². The summed E-state index contributed by atoms with van der Waals surface area (Å²) < 4.78 is 32.8. The van der Waals surface area contributed by atoms with E-state index in [0.717, 1.165) is 29.2 Å². The number of aromatic nitrogens is 2. The van der Waals surface area contributed by atoms with E-state index in [0.29, 0.717) is 19.1 Å². The van der Waals surface area contributed by atoms with Gasteiger partial charge in [-0.2, -0.15) is 4.98 Å². The van der Waals surface area contributed by atoms with Gasteiger partial charge in [0.2, 0.25) is 16.0 Å². The molecule has 0 atom stereocenters. The Hall–Kier alpha value is -2.39. The molecular formula is C17H23N5O3S. The highest BCUT2D eigenvalue weighted by Gasteiger charge is 2.18. The van der Waals surface area contributed by atoms with Crippen LogP contribution in [0.25, 0.3) is 0 Å². The second-order valence-corrected chi connectivity index (χ2v) is 8.05. The summed E-state index contributed by atoms with van der Waals surface area (Å²) in [5, 5.41) is 3.05. The van der Waals surface area contributed by atoms with E-state index in [2.05, 4.69) is 20.0 Å². The zero-order chi connectivity index (χ0) is 18.7. The molecule has 0 amide bonds. The van der Waals surface area contributed by atoms with E-state index in [9.17, 15) is 8.42 Å². The Balaban J connectivity index is 1.58. The average Bonchev–Trinajstić information content (AvgIpc) is 3.06. The molecule has 1 aromatic carbocycles. The molecule has 0 aliphatic carbocycles. The van der Waals surface area contributed by atoms with E-state index in [1.807, 2.05) is 32.0 Å². The van der Waals surface area contributed by atoms with Crippen LogP contribution in [0.4, 0.5) is 11.8 Å². The number of aryl methyl sites for hydroxylation is 1. The lowest BCUT2D eigenvalue weighted by atomic mass is 10.2. The van der Waals surface area contributed by atoms with Gasteiger partial charge in [0.15, 0.2) is 0 Å². The summed E-state index contributed by atoms with van der Waals surface area (Å²) in [5.74, 6) is 2.03. The van der Waals surface area contributed by atoms with Crippen LogP contribution in [0.5, 0.6) is 5.75 Å². The number of rotatable bonds is 7. The number of sulfonamides is 1. The summed E-state index contributed by atoms with van der Waals surface area (Å²) in [6.45, 7) is 3.09. The number of ether oxygens (including phenoxy) is 1. The number of anilines is 2. The van der Waals surface area contributed by atoms with Crippen LogP contribution >= 0.6 is 0 Å². The van der Waals surface area contributed by atoms with Crippen molar-refractivity contribution >= 4 is 21.8 Å². The summed E-state index contributed by atoms with van der Waals surface area (Å²) >= 11 is 0. The van der Waals surface area contributed by atoms with Gasteiger partial charge in [0, 0.05) is 45.4 Å². The molecule has 0 unspecified atom stereocenters. The third-order valence-electron chi connectivity index (χ3n) is 3.97. The first-order chi connectivity index (χ1) is 12.3. The second-order valence-electron chi connectivity index (χ2n) is 6.28. The maximum atomic E-state index is 12.4. The quantitative estimate of drug-likeness (QED) is 0.699. The third-order valence-corrected chi connectivity index (χ3v) is 5.43. The van der Waals surface area contributed by atoms with E-state index >= 15 is 0 Å². The topological polar surface area (TPSA) is 96.5 Å². The molecule has 0 radical (unpaired) electrons. The molecule has 2 N–H and O–H groups in total. The molecule has 26 heavy (non-hydrogen) atoms. The van der Waals surface area contributed by atoms with Crippen molar-refractivity contribution in [3.63, 3.8) is 0 Å². The van der Waals surface area contributed by atoms with E-state index < -0.39 is 10.0 Å². The van der Waals surface area contributed by atoms with E-state index in [1.54, 1.807) is 18.2 Å². The fraction of sp³-hybridized carbons (Fsp3) is 0.412. The smallest absolute Gasteiger partial charge is 0.240 e. The van der Waals surface area contributed by atoms with Gasteiger partial charge < -0.3 is 15.0 Å². The Bertz CT molecular complexity index is 899. The first-order valence-electron chi connectivity index (χ1n) is 8.37. The van der Waals surface area contributed by atoms with Gasteiger partial charge in [0.05, 0.1) is 11.5 Å². The van der Waals surface area contributed by atoms with Crippen molar-refractivity contribution < 1.29 is 13.2 Å². The molecule has 1 aliphatic rings. The Kier molecular flexibility index (Phi) is 5.28. The third kappa shape index (κ3) is 4.23. The summed E-state index contributed by atoms with van der Waals surface area (Å²) in [5.41, 5.74) is 1.77. The standard InChI is InChI=1S/C17H23N5O3S/c1-12-10-16(22(2)3)21-17(20-12)18-7-8-19-26(23,24)14-4-5-15-13(11-14)6-9-25-15/h4-5,10-11,19H,6-9H2,1-3H3,(H,18,20,21). The number of nitrogens with zero attached hydrogens (tertiary/aromatic N) is 3. The van der Waals surface area contributed by atoms with Gasteiger partial charge in [-0.1, -0.05) is 0 Å². The van der Waals surface area contributed by atoms with E-state index in [4.69, 9.17) is 4.74 Å². The van der Waals surface area contributed by atoms with Crippen molar-refractivity contribution in [1.29, 1.82) is 0 Å². The summed E-state index contributed by atoms with van der Waals surface area (Å²) in [7, 11) is 0.248. The molecule has 3 rings (SSSR count). The number of hydrogen-bond donors (Lipinski definition) is 2. The van der Waals surface area contributed by atoms with Gasteiger partial charge in [-0.25, -0.2) is 18.1 Å². The fourth-order valence-electron chi connectivity index (χ4n) is 2.63. The Labute approximate surface area is 153 Å². The van der Waals surface area contributed by atoms with Crippen molar-refractivity contribution in [3.8, 4) is 5.75 Å². The van der Waals surface area contributed by atoms with Crippen LogP contribution < -0.4 is 19.7 Å². The SMILES string of the molecule is Cc1cc(N(C)C)nc(NCCNS(=O)(=O)c2ccc3c(c2)CCO3)n1. The van der Waals surface area contributed by atoms with Crippen LogP contribution in [0.15, 0.2) is 29.2 Å². The van der Waals surface area contributed by atoms with Crippen LogP contribution in [-0.2, 0) is 16.4 Å². The van der Waals surface area contributed by atoms with Crippen LogP contribution in [0.2, 0.25) is 0 Å². The van der Waals surface area contributed by atoms with Crippen molar-refractivity contribution in [3.05, 3.63) is 35.5 Å². The highest BCUT2D eigenvalue weighted by Crippen LogP contribution is 2.27. The Morgan fingerprint density at radius 1 is 1.19 bits per heavy atom. The van der Waals surface area contributed by atoms with Crippen LogP contribution in [0.1, 0.15) is 11.3 Å². The van der Waals surface area contributed by atoms with Gasteiger partial charge >= 0.3 is 0 Å². The lowest BCUT2D eigenvalue weighted by molar-refractivity contribution is 0.356. The number of benzene rings is 1. The zero-order valence-electron chi connectivity index (χ0n) is 15.1. The number of hydrogen-bond acceptors (Lipinski definition) is 7. The maximum Gasteiger partial charge on any atom is 0.240 e. The van der Waals surface area contributed by atoms with Crippen molar-refractivity contribution in [2.75, 3.05) is 44.0 Å². The van der Waals surface area contributed by atoms with Crippen molar-refractivity contribution in [2.45, 2.75) is 18.2 Å². The molecule has 0 spiro atoms. The summed E-state index contributed by atoms with van der Waals surface area (Å²) in [4.78, 5) is 10.8. The van der Waals surface area contributed by atoms with Crippen LogP contribution in [-0.4, -0.2) is 52.2 Å². The maximum absolute atomic E-state index is 12.4. The van der Waals surface area contributed by atoms with E-state index in [-0.39, 0.29) is 11.4 Å². The number of nitrogens with one attached hydrogen (secondary N) is 2. The lowest BCUT2D eigenvalue weighted by Crippen LogP contribution is -2.29. The molecule has 8 nitrogen and oxygen atoms in total. The van der Waals surface area contributed by atoms with Gasteiger partial charge in [-0.3, -0.25) is 0 Å². The Morgan fingerprint density at radius 3 is 2.77 bits per heavy atom. The van der Waals surface area contributed by atoms with Gasteiger partial charge in [0.1, 0.15) is 11.6 Å².